The van der Waals surface area contributed by atoms with Crippen LogP contribution in [0.1, 0.15) is 46.0 Å². The number of esters is 1. The van der Waals surface area contributed by atoms with Gasteiger partial charge in [0.2, 0.25) is 0 Å². The summed E-state index contributed by atoms with van der Waals surface area (Å²) in [5.41, 5.74) is 0. The molecule has 4 heteroatoms. The van der Waals surface area contributed by atoms with Crippen molar-refractivity contribution < 1.29 is 19.0 Å². The van der Waals surface area contributed by atoms with Crippen LogP contribution in [0.15, 0.2) is 0 Å². The summed E-state index contributed by atoms with van der Waals surface area (Å²) in [4.78, 5) is 10.9. The van der Waals surface area contributed by atoms with E-state index < -0.39 is 0 Å². The van der Waals surface area contributed by atoms with Gasteiger partial charge in [0.1, 0.15) is 6.61 Å². The van der Waals surface area contributed by atoms with Crippen LogP contribution >= 0.6 is 0 Å². The number of hydrogen-bond donors (Lipinski definition) is 0. The Hall–Kier alpha value is -0.610. The third-order valence-corrected chi connectivity index (χ3v) is 2.29. The third kappa shape index (κ3) is 13.3. The van der Waals surface area contributed by atoms with Crippen molar-refractivity contribution >= 4 is 5.97 Å². The van der Waals surface area contributed by atoms with Gasteiger partial charge in [0.05, 0.1) is 19.8 Å². The van der Waals surface area contributed by atoms with E-state index in [4.69, 9.17) is 14.2 Å². The second kappa shape index (κ2) is 13.5. The van der Waals surface area contributed by atoms with Crippen LogP contribution in [-0.2, 0) is 19.0 Å². The van der Waals surface area contributed by atoms with E-state index in [2.05, 4.69) is 6.92 Å². The van der Waals surface area contributed by atoms with Crippen molar-refractivity contribution in [3.05, 3.63) is 0 Å². The van der Waals surface area contributed by atoms with Crippen molar-refractivity contribution in [3.8, 4) is 0 Å². The highest BCUT2D eigenvalue weighted by molar-refractivity contribution is 5.70. The van der Waals surface area contributed by atoms with E-state index in [9.17, 15) is 4.79 Å². The zero-order valence-corrected chi connectivity index (χ0v) is 11.2. The van der Waals surface area contributed by atoms with E-state index in [1.165, 1.54) is 25.7 Å². The fourth-order valence-electron chi connectivity index (χ4n) is 1.39. The number of hydrogen-bond acceptors (Lipinski definition) is 4. The molecule has 0 aliphatic carbocycles. The van der Waals surface area contributed by atoms with Crippen LogP contribution in [0.3, 0.4) is 0 Å². The fraction of sp³-hybridized carbons (Fsp3) is 0.923. The van der Waals surface area contributed by atoms with E-state index in [0.717, 1.165) is 13.0 Å². The molecule has 0 saturated heterocycles. The molecule has 0 fully saturated rings. The van der Waals surface area contributed by atoms with Crippen LogP contribution in [-0.4, -0.2) is 39.0 Å². The third-order valence-electron chi connectivity index (χ3n) is 2.29. The first-order valence-corrected chi connectivity index (χ1v) is 6.62. The van der Waals surface area contributed by atoms with Gasteiger partial charge in [-0.15, -0.1) is 0 Å². The molecule has 4 nitrogen and oxygen atoms in total. The Kier molecular flexibility index (Phi) is 13.0. The molecule has 102 valence electrons. The van der Waals surface area contributed by atoms with Gasteiger partial charge in [0.25, 0.3) is 0 Å². The lowest BCUT2D eigenvalue weighted by atomic mass is 10.2. The molecule has 0 heterocycles. The lowest BCUT2D eigenvalue weighted by molar-refractivity contribution is -0.148. The Labute approximate surface area is 105 Å². The van der Waals surface area contributed by atoms with E-state index in [1.54, 1.807) is 6.92 Å². The topological polar surface area (TPSA) is 44.8 Å². The molecule has 0 aromatic carbocycles. The van der Waals surface area contributed by atoms with Crippen molar-refractivity contribution in [1.29, 1.82) is 0 Å². The van der Waals surface area contributed by atoms with Gasteiger partial charge in [0, 0.05) is 6.61 Å². The summed E-state index contributed by atoms with van der Waals surface area (Å²) in [6.07, 6.45) is 6.21. The number of carbonyl (C=O) groups excluding carboxylic acids is 1. The molecular formula is C13H26O4. The van der Waals surface area contributed by atoms with Crippen molar-refractivity contribution in [1.82, 2.24) is 0 Å². The van der Waals surface area contributed by atoms with Gasteiger partial charge in [-0.05, 0) is 13.3 Å². The zero-order chi connectivity index (χ0) is 12.8. The molecule has 0 aromatic heterocycles. The van der Waals surface area contributed by atoms with Crippen LogP contribution in [0.25, 0.3) is 0 Å². The quantitative estimate of drug-likeness (QED) is 0.392. The molecule has 0 aliphatic heterocycles. The second-order valence-corrected chi connectivity index (χ2v) is 3.88. The Morgan fingerprint density at radius 2 is 1.59 bits per heavy atom. The highest BCUT2D eigenvalue weighted by atomic mass is 16.6. The summed E-state index contributed by atoms with van der Waals surface area (Å²) in [5, 5.41) is 0. The highest BCUT2D eigenvalue weighted by Gasteiger charge is 2.00. The van der Waals surface area contributed by atoms with Crippen LogP contribution in [0.2, 0.25) is 0 Å². The minimum atomic E-state index is -0.313. The van der Waals surface area contributed by atoms with Gasteiger partial charge in [0.15, 0.2) is 0 Å². The minimum absolute atomic E-state index is 0.0215. The van der Waals surface area contributed by atoms with Gasteiger partial charge in [-0.25, -0.2) is 4.79 Å². The monoisotopic (exact) mass is 246 g/mol. The molecule has 0 atom stereocenters. The van der Waals surface area contributed by atoms with Gasteiger partial charge in [-0.3, -0.25) is 0 Å². The predicted octanol–water partition coefficient (Wildman–Crippen LogP) is 2.55. The van der Waals surface area contributed by atoms with Crippen molar-refractivity contribution in [2.45, 2.75) is 46.0 Å². The van der Waals surface area contributed by atoms with Gasteiger partial charge in [-0.1, -0.05) is 32.6 Å². The molecule has 0 radical (unpaired) electrons. The number of ether oxygens (including phenoxy) is 3. The Bertz CT molecular complexity index is 171. The maximum Gasteiger partial charge on any atom is 0.332 e. The first-order valence-electron chi connectivity index (χ1n) is 6.62. The zero-order valence-electron chi connectivity index (χ0n) is 11.2. The van der Waals surface area contributed by atoms with Gasteiger partial charge in [-0.2, -0.15) is 0 Å². The first kappa shape index (κ1) is 16.4. The molecule has 0 bridgehead atoms. The van der Waals surface area contributed by atoms with Crippen LogP contribution in [0.5, 0.6) is 0 Å². The summed E-state index contributed by atoms with van der Waals surface area (Å²) in [7, 11) is 0. The van der Waals surface area contributed by atoms with E-state index in [0.29, 0.717) is 19.8 Å². The average Bonchev–Trinajstić information content (AvgIpc) is 2.32. The van der Waals surface area contributed by atoms with Crippen LogP contribution in [0, 0.1) is 0 Å². The molecule has 0 N–H and O–H groups in total. The maximum absolute atomic E-state index is 10.9. The lowest BCUT2D eigenvalue weighted by Gasteiger charge is -2.05. The van der Waals surface area contributed by atoms with E-state index in [-0.39, 0.29) is 12.6 Å². The average molecular weight is 246 g/mol. The predicted molar refractivity (Wildman–Crippen MR) is 67.0 cm³/mol. The minimum Gasteiger partial charge on any atom is -0.464 e. The molecule has 0 aromatic rings. The van der Waals surface area contributed by atoms with E-state index >= 15 is 0 Å². The molecule has 0 spiro atoms. The Morgan fingerprint density at radius 1 is 0.882 bits per heavy atom. The second-order valence-electron chi connectivity index (χ2n) is 3.88. The summed E-state index contributed by atoms with van der Waals surface area (Å²) < 4.78 is 15.2. The first-order chi connectivity index (χ1) is 8.31. The molecule has 0 rings (SSSR count). The SMILES string of the molecule is CCCCCCCOCCOCC(=O)OCC. The van der Waals surface area contributed by atoms with Gasteiger partial charge < -0.3 is 14.2 Å². The highest BCUT2D eigenvalue weighted by Crippen LogP contribution is 2.02. The van der Waals surface area contributed by atoms with Crippen molar-refractivity contribution in [3.63, 3.8) is 0 Å². The van der Waals surface area contributed by atoms with Crippen LogP contribution < -0.4 is 0 Å². The standard InChI is InChI=1S/C13H26O4/c1-3-5-6-7-8-9-15-10-11-16-12-13(14)17-4-2/h3-12H2,1-2H3. The number of unbranched alkanes of at least 4 members (excludes halogenated alkanes) is 4. The molecule has 17 heavy (non-hydrogen) atoms. The molecule has 0 amide bonds. The number of rotatable bonds is 12. The summed E-state index contributed by atoms with van der Waals surface area (Å²) >= 11 is 0. The fourth-order valence-corrected chi connectivity index (χ4v) is 1.39. The Morgan fingerprint density at radius 3 is 2.29 bits per heavy atom. The normalized spacial score (nSPS) is 10.5. The molecule has 0 unspecified atom stereocenters. The number of carbonyl (C=O) groups is 1. The largest absolute Gasteiger partial charge is 0.464 e. The van der Waals surface area contributed by atoms with Crippen LogP contribution in [0.4, 0.5) is 0 Å². The van der Waals surface area contributed by atoms with Crippen molar-refractivity contribution in [2.24, 2.45) is 0 Å². The van der Waals surface area contributed by atoms with E-state index in [1.807, 2.05) is 0 Å². The summed E-state index contributed by atoms with van der Waals surface area (Å²) in [5.74, 6) is -0.313. The smallest absolute Gasteiger partial charge is 0.332 e. The summed E-state index contributed by atoms with van der Waals surface area (Å²) in [6, 6.07) is 0. The molecular weight excluding hydrogens is 220 g/mol. The maximum atomic E-state index is 10.9. The Balaban J connectivity index is 3.01. The lowest BCUT2D eigenvalue weighted by Crippen LogP contribution is -2.15. The molecule has 0 saturated carbocycles. The van der Waals surface area contributed by atoms with Crippen molar-refractivity contribution in [2.75, 3.05) is 33.0 Å². The molecule has 0 aliphatic rings. The summed E-state index contributed by atoms with van der Waals surface area (Å²) in [6.45, 7) is 6.19. The van der Waals surface area contributed by atoms with Gasteiger partial charge >= 0.3 is 5.97 Å².